The summed E-state index contributed by atoms with van der Waals surface area (Å²) < 4.78 is 4.09. The summed E-state index contributed by atoms with van der Waals surface area (Å²) in [7, 11) is 4.03. The van der Waals surface area contributed by atoms with Gasteiger partial charge in [-0.1, -0.05) is 0 Å². The second-order valence-electron chi connectivity index (χ2n) is 6.07. The van der Waals surface area contributed by atoms with E-state index in [4.69, 9.17) is 0 Å². The second-order valence-corrected chi connectivity index (χ2v) is 6.07. The highest BCUT2D eigenvalue weighted by molar-refractivity contribution is 5.06. The molecule has 0 amide bonds. The number of rotatable bonds is 4. The van der Waals surface area contributed by atoms with Gasteiger partial charge in [-0.05, 0) is 44.0 Å². The van der Waals surface area contributed by atoms with E-state index in [9.17, 15) is 5.11 Å². The van der Waals surface area contributed by atoms with Crippen LogP contribution in [-0.4, -0.2) is 37.2 Å². The Hall–Kier alpha value is -1.59. The summed E-state index contributed by atoms with van der Waals surface area (Å²) in [5, 5.41) is 10.5. The molecule has 114 valence electrons. The Kier molecular flexibility index (Phi) is 4.12. The maximum Gasteiger partial charge on any atom is 0.137 e. The Labute approximate surface area is 125 Å². The summed E-state index contributed by atoms with van der Waals surface area (Å²) in [6, 6.07) is 4.27. The van der Waals surface area contributed by atoms with Crippen molar-refractivity contribution < 1.29 is 5.11 Å². The third-order valence-electron chi connectivity index (χ3n) is 4.64. The summed E-state index contributed by atoms with van der Waals surface area (Å²) >= 11 is 0. The van der Waals surface area contributed by atoms with Gasteiger partial charge in [0.25, 0.3) is 0 Å². The monoisotopic (exact) mass is 288 g/mol. The molecule has 0 bridgehead atoms. The van der Waals surface area contributed by atoms with E-state index in [-0.39, 0.29) is 0 Å². The molecule has 2 aromatic heterocycles. The van der Waals surface area contributed by atoms with Crippen LogP contribution in [0.1, 0.15) is 30.5 Å². The standard InChI is InChI=1S/C16H24N4O/c1-18-8-3-4-14(18)12-20-9-5-13(6-10-20)15(21)16-17-7-11-19(16)2/h3-4,7-8,11,13,15,21H,5-6,9-10,12H2,1-2H3. The Balaban J connectivity index is 1.55. The molecule has 1 fully saturated rings. The minimum absolute atomic E-state index is 0.316. The first kappa shape index (κ1) is 14.4. The maximum atomic E-state index is 10.5. The first-order valence-electron chi connectivity index (χ1n) is 7.63. The minimum atomic E-state index is -0.442. The van der Waals surface area contributed by atoms with Crippen molar-refractivity contribution >= 4 is 0 Å². The highest BCUT2D eigenvalue weighted by Gasteiger charge is 2.28. The molecule has 3 rings (SSSR count). The van der Waals surface area contributed by atoms with Crippen molar-refractivity contribution in [1.82, 2.24) is 19.0 Å². The Morgan fingerprint density at radius 2 is 2.00 bits per heavy atom. The molecule has 5 heteroatoms. The van der Waals surface area contributed by atoms with Gasteiger partial charge in [0.05, 0.1) is 0 Å². The van der Waals surface area contributed by atoms with Crippen LogP contribution in [0.15, 0.2) is 30.7 Å². The van der Waals surface area contributed by atoms with Gasteiger partial charge >= 0.3 is 0 Å². The predicted octanol–water partition coefficient (Wildman–Crippen LogP) is 1.70. The summed E-state index contributed by atoms with van der Waals surface area (Å²) in [5.41, 5.74) is 1.35. The maximum absolute atomic E-state index is 10.5. The van der Waals surface area contributed by atoms with Crippen LogP contribution >= 0.6 is 0 Å². The van der Waals surface area contributed by atoms with Gasteiger partial charge in [-0.2, -0.15) is 0 Å². The van der Waals surface area contributed by atoms with Crippen molar-refractivity contribution in [3.63, 3.8) is 0 Å². The molecule has 1 unspecified atom stereocenters. The largest absolute Gasteiger partial charge is 0.385 e. The number of aliphatic hydroxyl groups is 1. The molecule has 5 nitrogen and oxygen atoms in total. The van der Waals surface area contributed by atoms with E-state index >= 15 is 0 Å². The minimum Gasteiger partial charge on any atom is -0.385 e. The van der Waals surface area contributed by atoms with E-state index in [1.54, 1.807) is 6.20 Å². The molecule has 21 heavy (non-hydrogen) atoms. The summed E-state index contributed by atoms with van der Waals surface area (Å²) in [5.74, 6) is 1.10. The van der Waals surface area contributed by atoms with Crippen LogP contribution in [-0.2, 0) is 20.6 Å². The smallest absolute Gasteiger partial charge is 0.137 e. The molecule has 1 saturated heterocycles. The van der Waals surface area contributed by atoms with E-state index < -0.39 is 6.10 Å². The average molecular weight is 288 g/mol. The van der Waals surface area contributed by atoms with E-state index in [1.807, 2.05) is 17.8 Å². The zero-order chi connectivity index (χ0) is 14.8. The zero-order valence-electron chi connectivity index (χ0n) is 12.8. The van der Waals surface area contributed by atoms with Crippen LogP contribution < -0.4 is 0 Å². The first-order valence-corrected chi connectivity index (χ1v) is 7.63. The van der Waals surface area contributed by atoms with Gasteiger partial charge < -0.3 is 14.2 Å². The number of aromatic nitrogens is 3. The molecule has 2 aromatic rings. The van der Waals surface area contributed by atoms with Gasteiger partial charge in [0, 0.05) is 44.9 Å². The van der Waals surface area contributed by atoms with E-state index in [0.29, 0.717) is 5.92 Å². The molecular formula is C16H24N4O. The molecule has 3 heterocycles. The van der Waals surface area contributed by atoms with Gasteiger partial charge in [0.1, 0.15) is 11.9 Å². The fraction of sp³-hybridized carbons (Fsp3) is 0.562. The highest BCUT2D eigenvalue weighted by Crippen LogP contribution is 2.30. The van der Waals surface area contributed by atoms with Gasteiger partial charge in [0.15, 0.2) is 0 Å². The van der Waals surface area contributed by atoms with Crippen LogP contribution in [0.2, 0.25) is 0 Å². The van der Waals surface area contributed by atoms with Gasteiger partial charge in [-0.15, -0.1) is 0 Å². The fourth-order valence-electron chi connectivity index (χ4n) is 3.19. The highest BCUT2D eigenvalue weighted by atomic mass is 16.3. The quantitative estimate of drug-likeness (QED) is 0.931. The third kappa shape index (κ3) is 3.04. The summed E-state index contributed by atoms with van der Waals surface area (Å²) in [6.07, 6.45) is 7.35. The third-order valence-corrected chi connectivity index (χ3v) is 4.64. The van der Waals surface area contributed by atoms with Crippen LogP contribution in [0.25, 0.3) is 0 Å². The van der Waals surface area contributed by atoms with Crippen molar-refractivity contribution in [3.8, 4) is 0 Å². The van der Waals surface area contributed by atoms with Gasteiger partial charge in [-0.25, -0.2) is 4.98 Å². The Bertz CT molecular complexity index is 581. The Morgan fingerprint density at radius 3 is 2.57 bits per heavy atom. The molecule has 0 aliphatic carbocycles. The van der Waals surface area contributed by atoms with Crippen molar-refractivity contribution in [3.05, 3.63) is 42.2 Å². The summed E-state index contributed by atoms with van der Waals surface area (Å²) in [6.45, 7) is 3.07. The molecule has 0 radical (unpaired) electrons. The number of nitrogens with zero attached hydrogens (tertiary/aromatic N) is 4. The molecule has 0 aromatic carbocycles. The van der Waals surface area contributed by atoms with Crippen LogP contribution in [0.5, 0.6) is 0 Å². The van der Waals surface area contributed by atoms with Gasteiger partial charge in [-0.3, -0.25) is 4.90 Å². The number of imidazole rings is 1. The van der Waals surface area contributed by atoms with Crippen LogP contribution in [0.4, 0.5) is 0 Å². The molecule has 1 N–H and O–H groups in total. The molecule has 0 spiro atoms. The van der Waals surface area contributed by atoms with Gasteiger partial charge in [0.2, 0.25) is 0 Å². The van der Waals surface area contributed by atoms with E-state index in [2.05, 4.69) is 39.8 Å². The van der Waals surface area contributed by atoms with Crippen molar-refractivity contribution in [2.24, 2.45) is 20.0 Å². The van der Waals surface area contributed by atoms with Crippen LogP contribution in [0.3, 0.4) is 0 Å². The molecular weight excluding hydrogens is 264 g/mol. The van der Waals surface area contributed by atoms with Crippen molar-refractivity contribution in [1.29, 1.82) is 0 Å². The lowest BCUT2D eigenvalue weighted by Crippen LogP contribution is -2.36. The molecule has 1 aliphatic rings. The van der Waals surface area contributed by atoms with E-state index in [1.165, 1.54) is 5.69 Å². The SMILES string of the molecule is Cn1cccc1CN1CCC(C(O)c2nccn2C)CC1. The Morgan fingerprint density at radius 1 is 1.24 bits per heavy atom. The number of piperidine rings is 1. The normalized spacial score (nSPS) is 19.0. The molecule has 1 atom stereocenters. The second kappa shape index (κ2) is 6.03. The van der Waals surface area contributed by atoms with E-state index in [0.717, 1.165) is 38.3 Å². The lowest BCUT2D eigenvalue weighted by molar-refractivity contribution is 0.0487. The average Bonchev–Trinajstić information content (AvgIpc) is 3.08. The topological polar surface area (TPSA) is 46.2 Å². The predicted molar refractivity (Wildman–Crippen MR) is 81.6 cm³/mol. The zero-order valence-corrected chi connectivity index (χ0v) is 12.8. The molecule has 1 aliphatic heterocycles. The number of aliphatic hydroxyl groups excluding tert-OH is 1. The van der Waals surface area contributed by atoms with Crippen molar-refractivity contribution in [2.45, 2.75) is 25.5 Å². The summed E-state index contributed by atoms with van der Waals surface area (Å²) in [4.78, 5) is 6.75. The number of hydrogen-bond donors (Lipinski definition) is 1. The first-order chi connectivity index (χ1) is 10.1. The van der Waals surface area contributed by atoms with Crippen LogP contribution in [0, 0.1) is 5.92 Å². The lowest BCUT2D eigenvalue weighted by atomic mass is 9.90. The number of hydrogen-bond acceptors (Lipinski definition) is 3. The fourth-order valence-corrected chi connectivity index (χ4v) is 3.19. The number of aryl methyl sites for hydroxylation is 2. The van der Waals surface area contributed by atoms with Crippen molar-refractivity contribution in [2.75, 3.05) is 13.1 Å². The number of likely N-dealkylation sites (tertiary alicyclic amines) is 1. The lowest BCUT2D eigenvalue weighted by Gasteiger charge is -2.34. The molecule has 0 saturated carbocycles.